The number of hydrogen-bond donors (Lipinski definition) is 0. The van der Waals surface area contributed by atoms with Gasteiger partial charge in [-0.15, -0.1) is 0 Å². The molecular formula is C15H17N3O. The van der Waals surface area contributed by atoms with Gasteiger partial charge in [0.15, 0.2) is 0 Å². The second-order valence-corrected chi connectivity index (χ2v) is 4.60. The van der Waals surface area contributed by atoms with Gasteiger partial charge < -0.3 is 4.90 Å². The number of aromatic nitrogens is 2. The molecule has 0 aliphatic rings. The number of hydrogen-bond acceptors (Lipinski definition) is 3. The molecule has 0 unspecified atom stereocenters. The van der Waals surface area contributed by atoms with E-state index in [0.717, 1.165) is 5.56 Å². The van der Waals surface area contributed by atoms with Gasteiger partial charge in [-0.05, 0) is 19.4 Å². The maximum atomic E-state index is 12.4. The summed E-state index contributed by atoms with van der Waals surface area (Å²) in [4.78, 5) is 22.2. The van der Waals surface area contributed by atoms with Crippen molar-refractivity contribution < 1.29 is 4.79 Å². The Morgan fingerprint density at radius 2 is 1.95 bits per heavy atom. The van der Waals surface area contributed by atoms with E-state index in [0.29, 0.717) is 12.2 Å². The highest BCUT2D eigenvalue weighted by Gasteiger charge is 2.20. The number of carbonyl (C=O) groups excluding carboxylic acids is 1. The van der Waals surface area contributed by atoms with Gasteiger partial charge in [-0.25, -0.2) is 4.98 Å². The van der Waals surface area contributed by atoms with Gasteiger partial charge in [-0.2, -0.15) is 0 Å². The third kappa shape index (κ3) is 3.37. The zero-order valence-electron chi connectivity index (χ0n) is 11.2. The highest BCUT2D eigenvalue weighted by Crippen LogP contribution is 2.11. The lowest BCUT2D eigenvalue weighted by Gasteiger charge is -2.26. The van der Waals surface area contributed by atoms with Crippen LogP contribution in [0.3, 0.4) is 0 Å². The predicted molar refractivity (Wildman–Crippen MR) is 73.5 cm³/mol. The van der Waals surface area contributed by atoms with Crippen LogP contribution in [-0.4, -0.2) is 26.8 Å². The van der Waals surface area contributed by atoms with E-state index in [1.54, 1.807) is 11.1 Å². The molecule has 0 atom stereocenters. The summed E-state index contributed by atoms with van der Waals surface area (Å²) in [6.07, 6.45) is 4.60. The van der Waals surface area contributed by atoms with Crippen LogP contribution in [0.2, 0.25) is 0 Å². The lowest BCUT2D eigenvalue weighted by Crippen LogP contribution is -2.36. The van der Waals surface area contributed by atoms with Crippen LogP contribution in [0.4, 0.5) is 0 Å². The second kappa shape index (κ2) is 6.09. The van der Waals surface area contributed by atoms with Crippen molar-refractivity contribution in [3.05, 3.63) is 60.2 Å². The minimum Gasteiger partial charge on any atom is -0.331 e. The molecule has 1 aromatic carbocycles. The molecule has 98 valence electrons. The summed E-state index contributed by atoms with van der Waals surface area (Å²) in [7, 11) is 0. The normalized spacial score (nSPS) is 10.5. The fourth-order valence-electron chi connectivity index (χ4n) is 1.83. The first-order chi connectivity index (χ1) is 9.18. The average molecular weight is 255 g/mol. The lowest BCUT2D eigenvalue weighted by atomic mass is 10.2. The number of amides is 1. The van der Waals surface area contributed by atoms with Crippen LogP contribution in [0.15, 0.2) is 48.9 Å². The third-order valence-corrected chi connectivity index (χ3v) is 2.86. The molecule has 0 saturated heterocycles. The summed E-state index contributed by atoms with van der Waals surface area (Å²) >= 11 is 0. The number of benzene rings is 1. The highest BCUT2D eigenvalue weighted by atomic mass is 16.2. The monoisotopic (exact) mass is 255 g/mol. The van der Waals surface area contributed by atoms with E-state index in [-0.39, 0.29) is 11.9 Å². The van der Waals surface area contributed by atoms with E-state index in [9.17, 15) is 4.79 Å². The molecule has 0 aliphatic heterocycles. The zero-order valence-corrected chi connectivity index (χ0v) is 11.2. The van der Waals surface area contributed by atoms with E-state index < -0.39 is 0 Å². The lowest BCUT2D eigenvalue weighted by molar-refractivity contribution is 0.0683. The summed E-state index contributed by atoms with van der Waals surface area (Å²) < 4.78 is 0. The second-order valence-electron chi connectivity index (χ2n) is 4.60. The van der Waals surface area contributed by atoms with Gasteiger partial charge in [0.25, 0.3) is 5.91 Å². The molecule has 1 heterocycles. The Labute approximate surface area is 113 Å². The molecular weight excluding hydrogens is 238 g/mol. The molecule has 0 bridgehead atoms. The van der Waals surface area contributed by atoms with Gasteiger partial charge in [-0.1, -0.05) is 30.3 Å². The molecule has 4 heteroatoms. The Bertz CT molecular complexity index is 526. The molecule has 4 nitrogen and oxygen atoms in total. The minimum atomic E-state index is -0.0908. The van der Waals surface area contributed by atoms with Crippen molar-refractivity contribution >= 4 is 5.91 Å². The first-order valence-electron chi connectivity index (χ1n) is 6.29. The highest BCUT2D eigenvalue weighted by molar-refractivity contribution is 5.92. The van der Waals surface area contributed by atoms with E-state index in [2.05, 4.69) is 9.97 Å². The van der Waals surface area contributed by atoms with Crippen LogP contribution in [0.1, 0.15) is 29.9 Å². The van der Waals surface area contributed by atoms with Crippen LogP contribution < -0.4 is 0 Å². The van der Waals surface area contributed by atoms with Gasteiger partial charge in [0.2, 0.25) is 0 Å². The Balaban J connectivity index is 2.19. The molecule has 0 saturated carbocycles. The van der Waals surface area contributed by atoms with Crippen LogP contribution >= 0.6 is 0 Å². The zero-order chi connectivity index (χ0) is 13.7. The quantitative estimate of drug-likeness (QED) is 0.843. The van der Waals surface area contributed by atoms with Gasteiger partial charge in [0.05, 0.1) is 6.20 Å². The van der Waals surface area contributed by atoms with Crippen molar-refractivity contribution in [2.75, 3.05) is 0 Å². The fourth-order valence-corrected chi connectivity index (χ4v) is 1.83. The molecule has 0 N–H and O–H groups in total. The largest absolute Gasteiger partial charge is 0.331 e. The Morgan fingerprint density at radius 3 is 2.53 bits per heavy atom. The van der Waals surface area contributed by atoms with Crippen LogP contribution in [0, 0.1) is 0 Å². The van der Waals surface area contributed by atoms with Crippen molar-refractivity contribution in [2.24, 2.45) is 0 Å². The van der Waals surface area contributed by atoms with Crippen LogP contribution in [0.25, 0.3) is 0 Å². The molecule has 19 heavy (non-hydrogen) atoms. The summed E-state index contributed by atoms with van der Waals surface area (Å²) in [6.45, 7) is 4.57. The molecule has 2 aromatic rings. The third-order valence-electron chi connectivity index (χ3n) is 2.86. The Kier molecular flexibility index (Phi) is 4.23. The smallest absolute Gasteiger partial charge is 0.274 e. The number of carbonyl (C=O) groups is 1. The minimum absolute atomic E-state index is 0.0908. The van der Waals surface area contributed by atoms with Gasteiger partial charge in [0.1, 0.15) is 5.69 Å². The first-order valence-corrected chi connectivity index (χ1v) is 6.29. The van der Waals surface area contributed by atoms with Crippen molar-refractivity contribution in [2.45, 2.75) is 26.4 Å². The molecule has 0 fully saturated rings. The van der Waals surface area contributed by atoms with Crippen molar-refractivity contribution in [1.82, 2.24) is 14.9 Å². The molecule has 1 amide bonds. The Morgan fingerprint density at radius 1 is 1.21 bits per heavy atom. The maximum Gasteiger partial charge on any atom is 0.274 e. The molecule has 1 aromatic heterocycles. The number of nitrogens with zero attached hydrogens (tertiary/aromatic N) is 3. The summed E-state index contributed by atoms with van der Waals surface area (Å²) in [5.41, 5.74) is 1.49. The summed E-state index contributed by atoms with van der Waals surface area (Å²) in [5, 5.41) is 0. The van der Waals surface area contributed by atoms with E-state index in [4.69, 9.17) is 0 Å². The van der Waals surface area contributed by atoms with E-state index in [1.165, 1.54) is 12.4 Å². The van der Waals surface area contributed by atoms with Crippen molar-refractivity contribution in [3.8, 4) is 0 Å². The van der Waals surface area contributed by atoms with Gasteiger partial charge in [-0.3, -0.25) is 9.78 Å². The maximum absolute atomic E-state index is 12.4. The predicted octanol–water partition coefficient (Wildman–Crippen LogP) is 2.53. The molecule has 0 spiro atoms. The number of rotatable bonds is 4. The van der Waals surface area contributed by atoms with Crippen LogP contribution in [0.5, 0.6) is 0 Å². The Hall–Kier alpha value is -2.23. The average Bonchev–Trinajstić information content (AvgIpc) is 2.46. The van der Waals surface area contributed by atoms with E-state index >= 15 is 0 Å². The molecule has 2 rings (SSSR count). The molecule has 0 radical (unpaired) electrons. The topological polar surface area (TPSA) is 46.1 Å². The van der Waals surface area contributed by atoms with Crippen LogP contribution in [-0.2, 0) is 6.54 Å². The SMILES string of the molecule is CC(C)N(Cc1ccccc1)C(=O)c1cnccn1. The fraction of sp³-hybridized carbons (Fsp3) is 0.267. The standard InChI is InChI=1S/C15H17N3O/c1-12(2)18(11-13-6-4-3-5-7-13)15(19)14-10-16-8-9-17-14/h3-10,12H,11H2,1-2H3. The van der Waals surface area contributed by atoms with Gasteiger partial charge >= 0.3 is 0 Å². The summed E-state index contributed by atoms with van der Waals surface area (Å²) in [6, 6.07) is 10.0. The van der Waals surface area contributed by atoms with E-state index in [1.807, 2.05) is 44.2 Å². The van der Waals surface area contributed by atoms with Crippen molar-refractivity contribution in [3.63, 3.8) is 0 Å². The molecule has 0 aliphatic carbocycles. The summed E-state index contributed by atoms with van der Waals surface area (Å²) in [5.74, 6) is -0.0908. The van der Waals surface area contributed by atoms with Gasteiger partial charge in [0, 0.05) is 25.0 Å². The first kappa shape index (κ1) is 13.2. The van der Waals surface area contributed by atoms with Crippen molar-refractivity contribution in [1.29, 1.82) is 0 Å².